The molecule has 9 heteroatoms. The molecule has 1 aliphatic carbocycles. The zero-order chi connectivity index (χ0) is 20.1. The van der Waals surface area contributed by atoms with Crippen LogP contribution in [0.2, 0.25) is 5.02 Å². The lowest BCUT2D eigenvalue weighted by atomic mass is 10.1. The summed E-state index contributed by atoms with van der Waals surface area (Å²) in [5, 5.41) is -0.0170. The summed E-state index contributed by atoms with van der Waals surface area (Å²) in [6.45, 7) is 0. The smallest absolute Gasteiger partial charge is 0.299 e. The number of benzene rings is 1. The fourth-order valence-corrected chi connectivity index (χ4v) is 4.19. The number of nitrogens with zero attached hydrogens (tertiary/aromatic N) is 2. The minimum absolute atomic E-state index is 0.0274. The fourth-order valence-electron chi connectivity index (χ4n) is 3.74. The summed E-state index contributed by atoms with van der Waals surface area (Å²) in [5.41, 5.74) is -1.34. The Morgan fingerprint density at radius 1 is 1.18 bits per heavy atom. The molecule has 0 bridgehead atoms. The van der Waals surface area contributed by atoms with E-state index >= 15 is 0 Å². The van der Waals surface area contributed by atoms with Crippen LogP contribution in [-0.4, -0.2) is 14.5 Å². The maximum Gasteiger partial charge on any atom is 0.417 e. The average Bonchev–Trinajstić information content (AvgIpc) is 3.14. The molecule has 28 heavy (non-hydrogen) atoms. The highest BCUT2D eigenvalue weighted by molar-refractivity contribution is 7.71. The van der Waals surface area contributed by atoms with E-state index in [4.69, 9.17) is 23.8 Å². The van der Waals surface area contributed by atoms with Crippen LogP contribution in [0.25, 0.3) is 22.3 Å². The van der Waals surface area contributed by atoms with Crippen molar-refractivity contribution in [3.8, 4) is 11.3 Å². The van der Waals surface area contributed by atoms with Crippen molar-refractivity contribution >= 4 is 34.9 Å². The van der Waals surface area contributed by atoms with E-state index in [1.54, 1.807) is 28.8 Å². The van der Waals surface area contributed by atoms with Crippen molar-refractivity contribution in [1.29, 1.82) is 0 Å². The van der Waals surface area contributed by atoms with Crippen molar-refractivity contribution in [3.05, 3.63) is 56.0 Å². The SMILES string of the molecule is O=c1[nH]c(=S)n(C2CCCC2)c2nc(-c3ccc(Cl)cc3)cc(C(F)(F)F)c12. The van der Waals surface area contributed by atoms with Crippen LogP contribution < -0.4 is 5.56 Å². The summed E-state index contributed by atoms with van der Waals surface area (Å²) in [7, 11) is 0. The quantitative estimate of drug-likeness (QED) is 0.519. The average molecular weight is 426 g/mol. The molecular formula is C19H15ClF3N3OS. The van der Waals surface area contributed by atoms with Gasteiger partial charge in [0, 0.05) is 16.6 Å². The van der Waals surface area contributed by atoms with Crippen molar-refractivity contribution in [3.63, 3.8) is 0 Å². The van der Waals surface area contributed by atoms with E-state index in [2.05, 4.69) is 9.97 Å². The van der Waals surface area contributed by atoms with Gasteiger partial charge in [-0.25, -0.2) is 4.98 Å². The summed E-state index contributed by atoms with van der Waals surface area (Å²) >= 11 is 11.2. The highest BCUT2D eigenvalue weighted by Gasteiger charge is 2.36. The maximum absolute atomic E-state index is 13.8. The van der Waals surface area contributed by atoms with E-state index in [1.165, 1.54) is 0 Å². The molecule has 4 nitrogen and oxygen atoms in total. The highest BCUT2D eigenvalue weighted by atomic mass is 35.5. The van der Waals surface area contributed by atoms with Gasteiger partial charge in [0.2, 0.25) is 0 Å². The molecule has 2 heterocycles. The number of hydrogen-bond acceptors (Lipinski definition) is 3. The number of pyridine rings is 1. The first-order valence-corrected chi connectivity index (χ1v) is 9.57. The molecule has 2 aromatic heterocycles. The van der Waals surface area contributed by atoms with Gasteiger partial charge in [-0.1, -0.05) is 36.6 Å². The molecule has 0 spiro atoms. The van der Waals surface area contributed by atoms with Crippen LogP contribution in [0.1, 0.15) is 37.3 Å². The standard InChI is InChI=1S/C19H15ClF3N3OS/c20-11-7-5-10(6-8-11)14-9-13(19(21,22)23)15-16(24-14)26(12-3-1-2-4-12)18(28)25-17(15)27/h5-9,12H,1-4H2,(H,25,27,28). The van der Waals surface area contributed by atoms with Gasteiger partial charge < -0.3 is 0 Å². The van der Waals surface area contributed by atoms with Crippen molar-refractivity contribution in [2.75, 3.05) is 0 Å². The Morgan fingerprint density at radius 3 is 2.43 bits per heavy atom. The first kappa shape index (κ1) is 19.1. The Bertz CT molecular complexity index is 1160. The van der Waals surface area contributed by atoms with Crippen LogP contribution in [0.15, 0.2) is 35.1 Å². The van der Waals surface area contributed by atoms with E-state index in [9.17, 15) is 18.0 Å². The number of H-pyrrole nitrogens is 1. The molecule has 4 rings (SSSR count). The molecule has 1 fully saturated rings. The summed E-state index contributed by atoms with van der Waals surface area (Å²) < 4.78 is 43.2. The molecule has 0 aliphatic heterocycles. The predicted molar refractivity (Wildman–Crippen MR) is 104 cm³/mol. The zero-order valence-electron chi connectivity index (χ0n) is 14.5. The molecule has 0 saturated heterocycles. The molecule has 0 radical (unpaired) electrons. The van der Waals surface area contributed by atoms with E-state index in [0.717, 1.165) is 31.7 Å². The van der Waals surface area contributed by atoms with E-state index in [-0.39, 0.29) is 22.2 Å². The Balaban J connectivity index is 2.11. The maximum atomic E-state index is 13.8. The van der Waals surface area contributed by atoms with Crippen LogP contribution in [0.5, 0.6) is 0 Å². The van der Waals surface area contributed by atoms with E-state index in [0.29, 0.717) is 10.6 Å². The number of nitrogens with one attached hydrogen (secondary N) is 1. The van der Waals surface area contributed by atoms with Crippen molar-refractivity contribution in [1.82, 2.24) is 14.5 Å². The second-order valence-corrected chi connectivity index (χ2v) is 7.65. The number of alkyl halides is 3. The normalized spacial score (nSPS) is 15.4. The topological polar surface area (TPSA) is 50.7 Å². The predicted octanol–water partition coefficient (Wildman–Crippen LogP) is 5.91. The molecule has 1 aliphatic rings. The first-order chi connectivity index (χ1) is 13.3. The number of fused-ring (bicyclic) bond motifs is 1. The summed E-state index contributed by atoms with van der Waals surface area (Å²) in [6.07, 6.45) is -1.24. The molecule has 146 valence electrons. The number of halogens is 4. The number of rotatable bonds is 2. The number of hydrogen-bond donors (Lipinski definition) is 1. The number of aromatic nitrogens is 3. The zero-order valence-corrected chi connectivity index (χ0v) is 16.1. The van der Waals surface area contributed by atoms with Crippen LogP contribution in [0.4, 0.5) is 13.2 Å². The summed E-state index contributed by atoms with van der Waals surface area (Å²) in [5.74, 6) is 0. The van der Waals surface area contributed by atoms with Gasteiger partial charge in [0.15, 0.2) is 4.77 Å². The Morgan fingerprint density at radius 2 is 1.82 bits per heavy atom. The van der Waals surface area contributed by atoms with Gasteiger partial charge >= 0.3 is 6.18 Å². The Labute approximate surface area is 168 Å². The van der Waals surface area contributed by atoms with Crippen molar-refractivity contribution in [2.24, 2.45) is 0 Å². The van der Waals surface area contributed by atoms with Gasteiger partial charge in [0.05, 0.1) is 16.6 Å². The Kier molecular flexibility index (Phi) is 4.79. The monoisotopic (exact) mass is 425 g/mol. The molecule has 1 aromatic carbocycles. The molecule has 3 aromatic rings. The van der Waals surface area contributed by atoms with Crippen LogP contribution in [0.3, 0.4) is 0 Å². The van der Waals surface area contributed by atoms with Crippen molar-refractivity contribution in [2.45, 2.75) is 37.9 Å². The molecule has 0 atom stereocenters. The Hall–Kier alpha value is -2.19. The molecular weight excluding hydrogens is 411 g/mol. The highest BCUT2D eigenvalue weighted by Crippen LogP contribution is 2.38. The van der Waals surface area contributed by atoms with Crippen molar-refractivity contribution < 1.29 is 13.2 Å². The minimum Gasteiger partial charge on any atom is -0.299 e. The van der Waals surface area contributed by atoms with E-state index in [1.807, 2.05) is 0 Å². The third-order valence-electron chi connectivity index (χ3n) is 5.03. The first-order valence-electron chi connectivity index (χ1n) is 8.78. The third kappa shape index (κ3) is 3.35. The van der Waals surface area contributed by atoms with Gasteiger partial charge in [0.25, 0.3) is 5.56 Å². The van der Waals surface area contributed by atoms with Crippen LogP contribution >= 0.6 is 23.8 Å². The second kappa shape index (κ2) is 7.00. The van der Waals surface area contributed by atoms with Gasteiger partial charge in [-0.3, -0.25) is 14.3 Å². The molecule has 0 unspecified atom stereocenters. The largest absolute Gasteiger partial charge is 0.417 e. The minimum atomic E-state index is -4.72. The lowest BCUT2D eigenvalue weighted by Crippen LogP contribution is -2.22. The van der Waals surface area contributed by atoms with E-state index < -0.39 is 22.7 Å². The van der Waals surface area contributed by atoms with Crippen LogP contribution in [-0.2, 0) is 6.18 Å². The molecule has 1 saturated carbocycles. The second-order valence-electron chi connectivity index (χ2n) is 6.83. The van der Waals surface area contributed by atoms with Crippen LogP contribution in [0, 0.1) is 4.77 Å². The fraction of sp³-hybridized carbons (Fsp3) is 0.316. The van der Waals surface area contributed by atoms with Gasteiger partial charge in [0.1, 0.15) is 5.65 Å². The summed E-state index contributed by atoms with van der Waals surface area (Å²) in [4.78, 5) is 19.3. The third-order valence-corrected chi connectivity index (χ3v) is 5.58. The summed E-state index contributed by atoms with van der Waals surface area (Å²) in [6, 6.07) is 7.18. The lowest BCUT2D eigenvalue weighted by Gasteiger charge is -2.19. The molecule has 0 amide bonds. The molecule has 1 N–H and O–H groups in total. The van der Waals surface area contributed by atoms with Gasteiger partial charge in [-0.2, -0.15) is 13.2 Å². The lowest BCUT2D eigenvalue weighted by molar-refractivity contribution is -0.136. The van der Waals surface area contributed by atoms with Gasteiger partial charge in [-0.15, -0.1) is 0 Å². The van der Waals surface area contributed by atoms with Gasteiger partial charge in [-0.05, 0) is 43.3 Å². The number of aromatic amines is 1.